The van der Waals surface area contributed by atoms with Crippen LogP contribution in [-0.2, 0) is 0 Å². The van der Waals surface area contributed by atoms with Crippen molar-refractivity contribution >= 4 is 73.5 Å². The summed E-state index contributed by atoms with van der Waals surface area (Å²) in [6.07, 6.45) is 3.31. The lowest BCUT2D eigenvalue weighted by Gasteiger charge is -2.18. The lowest BCUT2D eigenvalue weighted by Crippen LogP contribution is -2.07. The van der Waals surface area contributed by atoms with Crippen LogP contribution in [0.2, 0.25) is 10.0 Å². The van der Waals surface area contributed by atoms with E-state index in [0.717, 1.165) is 5.39 Å². The minimum atomic E-state index is -1.29. The Morgan fingerprint density at radius 3 is 2.39 bits per heavy atom. The molecule has 0 unspecified atom stereocenters. The van der Waals surface area contributed by atoms with Gasteiger partial charge in [0.25, 0.3) is 0 Å². The largest absolute Gasteiger partial charge is 0.506 e. The molecule has 0 amide bonds. The van der Waals surface area contributed by atoms with Crippen molar-refractivity contribution in [1.29, 1.82) is 0 Å². The Bertz CT molecular complexity index is 2400. The molecule has 3 aromatic carbocycles. The number of aliphatic imine (C=N–C) groups is 1. The summed E-state index contributed by atoms with van der Waals surface area (Å²) >= 11 is 12.4. The number of pyridine rings is 2. The summed E-state index contributed by atoms with van der Waals surface area (Å²) in [6, 6.07) is 18.6. The van der Waals surface area contributed by atoms with Crippen LogP contribution in [0.3, 0.4) is 0 Å². The number of aromatic nitrogens is 2. The zero-order chi connectivity index (χ0) is 30.7. The van der Waals surface area contributed by atoms with Crippen LogP contribution in [0.15, 0.2) is 99.4 Å². The molecule has 0 fully saturated rings. The van der Waals surface area contributed by atoms with Crippen LogP contribution in [0.25, 0.3) is 55.2 Å². The number of aromatic carboxylic acids is 1. The third-order valence-corrected chi connectivity index (χ3v) is 7.88. The first-order valence-electron chi connectivity index (χ1n) is 13.1. The van der Waals surface area contributed by atoms with E-state index in [2.05, 4.69) is 15.0 Å². The number of aliphatic hydroxyl groups is 1. The van der Waals surface area contributed by atoms with Gasteiger partial charge in [0.1, 0.15) is 17.1 Å². The molecule has 5 aromatic rings. The number of fused-ring (bicyclic) bond motifs is 5. The molecule has 0 radical (unpaired) electrons. The predicted molar refractivity (Wildman–Crippen MR) is 169 cm³/mol. The Morgan fingerprint density at radius 1 is 0.818 bits per heavy atom. The third kappa shape index (κ3) is 4.46. The highest BCUT2D eigenvalue weighted by molar-refractivity contribution is 6.33. The van der Waals surface area contributed by atoms with Crippen molar-refractivity contribution in [2.45, 2.75) is 0 Å². The maximum atomic E-state index is 12.7. The van der Waals surface area contributed by atoms with Crippen LogP contribution >= 0.6 is 23.2 Å². The SMILES string of the molecule is O=C(O)c1cc(C(O)=Nc2cc3cccnc3c3ncccc23)ccc1-c1c2cc(Cl)c(=O)cc-2oc2cc(O)c(Cl)cc12. The average Bonchev–Trinajstić information content (AvgIpc) is 3.01. The lowest BCUT2D eigenvalue weighted by molar-refractivity contribution is 0.0697. The van der Waals surface area contributed by atoms with Gasteiger partial charge in [0.15, 0.2) is 0 Å². The molecule has 7 rings (SSSR count). The van der Waals surface area contributed by atoms with Crippen molar-refractivity contribution in [3.05, 3.63) is 117 Å². The molecule has 2 aromatic heterocycles. The number of benzene rings is 4. The second kappa shape index (κ2) is 10.3. The topological polar surface area (TPSA) is 146 Å². The Labute approximate surface area is 257 Å². The quantitative estimate of drug-likeness (QED) is 0.0775. The number of aliphatic hydroxyl groups excluding tert-OH is 1. The smallest absolute Gasteiger partial charge is 0.336 e. The number of nitrogens with zero attached hydrogens (tertiary/aromatic N) is 3. The van der Waals surface area contributed by atoms with Gasteiger partial charge < -0.3 is 19.7 Å². The number of carboxylic acid groups (broad SMARTS) is 1. The highest BCUT2D eigenvalue weighted by Crippen LogP contribution is 2.44. The molecule has 3 N–H and O–H groups in total. The van der Waals surface area contributed by atoms with Gasteiger partial charge in [-0.1, -0.05) is 35.3 Å². The fraction of sp³-hybridized carbons (Fsp3) is 0. The second-order valence-electron chi connectivity index (χ2n) is 9.93. The van der Waals surface area contributed by atoms with Gasteiger partial charge in [-0.3, -0.25) is 14.8 Å². The van der Waals surface area contributed by atoms with Crippen molar-refractivity contribution in [3.63, 3.8) is 0 Å². The molecule has 2 aliphatic rings. The predicted octanol–water partition coefficient (Wildman–Crippen LogP) is 8.01. The zero-order valence-electron chi connectivity index (χ0n) is 22.2. The van der Waals surface area contributed by atoms with Gasteiger partial charge in [0.05, 0.1) is 32.3 Å². The first-order chi connectivity index (χ1) is 21.2. The van der Waals surface area contributed by atoms with Gasteiger partial charge in [-0.05, 0) is 54.1 Å². The van der Waals surface area contributed by atoms with E-state index in [-0.39, 0.29) is 43.8 Å². The highest BCUT2D eigenvalue weighted by atomic mass is 35.5. The molecule has 0 bridgehead atoms. The molecule has 3 heterocycles. The molecule has 0 saturated carbocycles. The summed E-state index contributed by atoms with van der Waals surface area (Å²) in [5.74, 6) is -1.84. The number of carboxylic acids is 1. The molecule has 0 saturated heterocycles. The molecule has 11 heteroatoms. The minimum Gasteiger partial charge on any atom is -0.506 e. The van der Waals surface area contributed by atoms with Crippen molar-refractivity contribution in [2.75, 3.05) is 0 Å². The number of hydrogen-bond acceptors (Lipinski definition) is 7. The van der Waals surface area contributed by atoms with E-state index in [1.54, 1.807) is 30.6 Å². The number of hydrogen-bond donors (Lipinski definition) is 3. The van der Waals surface area contributed by atoms with Gasteiger partial charge in [0.2, 0.25) is 11.3 Å². The molecule has 44 heavy (non-hydrogen) atoms. The van der Waals surface area contributed by atoms with E-state index in [1.165, 1.54) is 42.5 Å². The van der Waals surface area contributed by atoms with Crippen molar-refractivity contribution in [1.82, 2.24) is 9.97 Å². The van der Waals surface area contributed by atoms with Crippen molar-refractivity contribution < 1.29 is 24.5 Å². The van der Waals surface area contributed by atoms with E-state index in [9.17, 15) is 24.9 Å². The van der Waals surface area contributed by atoms with E-state index in [4.69, 9.17) is 27.6 Å². The average molecular weight is 622 g/mol. The Balaban J connectivity index is 1.45. The monoisotopic (exact) mass is 621 g/mol. The first kappa shape index (κ1) is 27.3. The van der Waals surface area contributed by atoms with E-state index < -0.39 is 17.3 Å². The third-order valence-electron chi connectivity index (χ3n) is 7.28. The van der Waals surface area contributed by atoms with Crippen LogP contribution in [0.1, 0.15) is 15.9 Å². The zero-order valence-corrected chi connectivity index (χ0v) is 23.8. The number of phenolic OH excluding ortho intramolecular Hbond substituents is 1. The maximum Gasteiger partial charge on any atom is 0.336 e. The fourth-order valence-electron chi connectivity index (χ4n) is 5.30. The summed E-state index contributed by atoms with van der Waals surface area (Å²) < 4.78 is 5.88. The molecule has 0 spiro atoms. The number of halogens is 2. The van der Waals surface area contributed by atoms with Crippen LogP contribution in [0.4, 0.5) is 5.69 Å². The summed E-state index contributed by atoms with van der Waals surface area (Å²) in [7, 11) is 0. The molecule has 9 nitrogen and oxygen atoms in total. The standard InChI is InChI=1S/C33H17Cl2N3O6/c34-22-11-20-27(13-25(22)39)44-28-14-26(40)23(35)12-21(28)29(20)17-6-5-16(9-19(17)33(42)43)32(41)38-24-10-15-3-1-7-36-30(15)31-18(24)4-2-8-37-31/h1-14,39H,(H,38,41)(H,42,43). The molecular weight excluding hydrogens is 605 g/mol. The van der Waals surface area contributed by atoms with Crippen LogP contribution in [0, 0.1) is 0 Å². The summed E-state index contributed by atoms with van der Waals surface area (Å²) in [4.78, 5) is 38.3. The molecular formula is C33H17Cl2N3O6. The van der Waals surface area contributed by atoms with Gasteiger partial charge in [0, 0.05) is 57.4 Å². The van der Waals surface area contributed by atoms with Gasteiger partial charge in [-0.15, -0.1) is 0 Å². The number of aromatic hydroxyl groups is 1. The van der Waals surface area contributed by atoms with E-state index >= 15 is 0 Å². The normalized spacial score (nSPS) is 12.0. The minimum absolute atomic E-state index is 0.00502. The Hall–Kier alpha value is -5.51. The lowest BCUT2D eigenvalue weighted by atomic mass is 9.90. The van der Waals surface area contributed by atoms with Gasteiger partial charge >= 0.3 is 5.97 Å². The Kier molecular flexibility index (Phi) is 6.42. The van der Waals surface area contributed by atoms with Crippen molar-refractivity contribution in [3.8, 4) is 28.2 Å². The Morgan fingerprint density at radius 2 is 1.59 bits per heavy atom. The number of phenols is 1. The highest BCUT2D eigenvalue weighted by Gasteiger charge is 2.24. The molecule has 214 valence electrons. The van der Waals surface area contributed by atoms with Crippen LogP contribution in [-0.4, -0.2) is 37.2 Å². The number of carbonyl (C=O) groups is 1. The second-order valence-corrected chi connectivity index (χ2v) is 10.7. The molecule has 1 aliphatic heterocycles. The fourth-order valence-corrected chi connectivity index (χ4v) is 5.63. The van der Waals surface area contributed by atoms with Crippen molar-refractivity contribution in [2.24, 2.45) is 4.99 Å². The van der Waals surface area contributed by atoms with Crippen LogP contribution < -0.4 is 5.43 Å². The van der Waals surface area contributed by atoms with Crippen LogP contribution in [0.5, 0.6) is 5.75 Å². The first-order valence-corrected chi connectivity index (χ1v) is 13.8. The summed E-state index contributed by atoms with van der Waals surface area (Å²) in [6.45, 7) is 0. The summed E-state index contributed by atoms with van der Waals surface area (Å²) in [5, 5.41) is 33.4. The summed E-state index contributed by atoms with van der Waals surface area (Å²) in [5.41, 5.74) is 2.26. The van der Waals surface area contributed by atoms with E-state index in [1.807, 2.05) is 12.1 Å². The molecule has 0 atom stereocenters. The number of rotatable bonds is 4. The maximum absolute atomic E-state index is 12.7. The molecule has 1 aliphatic carbocycles. The van der Waals surface area contributed by atoms with Gasteiger partial charge in [-0.2, -0.15) is 0 Å². The van der Waals surface area contributed by atoms with E-state index in [0.29, 0.717) is 38.6 Å². The van der Waals surface area contributed by atoms with Gasteiger partial charge in [-0.25, -0.2) is 9.79 Å².